The second-order valence-corrected chi connectivity index (χ2v) is 5.22. The van der Waals surface area contributed by atoms with Gasteiger partial charge < -0.3 is 5.32 Å². The van der Waals surface area contributed by atoms with Crippen molar-refractivity contribution in [3.05, 3.63) is 39.7 Å². The summed E-state index contributed by atoms with van der Waals surface area (Å²) in [4.78, 5) is 28.5. The van der Waals surface area contributed by atoms with E-state index in [9.17, 15) is 9.59 Å². The summed E-state index contributed by atoms with van der Waals surface area (Å²) in [7, 11) is 1.69. The first-order valence-electron chi connectivity index (χ1n) is 6.20. The number of halogens is 1. The molecule has 0 bridgehead atoms. The van der Waals surface area contributed by atoms with Crippen LogP contribution in [0.1, 0.15) is 0 Å². The lowest BCUT2D eigenvalue weighted by Crippen LogP contribution is -2.28. The Morgan fingerprint density at radius 3 is 2.95 bits per heavy atom. The van der Waals surface area contributed by atoms with E-state index < -0.39 is 0 Å². The van der Waals surface area contributed by atoms with Gasteiger partial charge in [-0.25, -0.2) is 9.67 Å². The van der Waals surface area contributed by atoms with Crippen LogP contribution in [0.3, 0.4) is 0 Å². The van der Waals surface area contributed by atoms with E-state index in [-0.39, 0.29) is 18.0 Å². The van der Waals surface area contributed by atoms with Crippen molar-refractivity contribution in [1.29, 1.82) is 0 Å². The zero-order valence-corrected chi connectivity index (χ0v) is 13.0. The second kappa shape index (κ2) is 5.64. The van der Waals surface area contributed by atoms with E-state index in [4.69, 9.17) is 0 Å². The molecule has 1 amide bonds. The number of rotatable bonds is 3. The van der Waals surface area contributed by atoms with Crippen molar-refractivity contribution >= 4 is 38.6 Å². The van der Waals surface area contributed by atoms with Crippen LogP contribution < -0.4 is 10.9 Å². The van der Waals surface area contributed by atoms with E-state index in [0.29, 0.717) is 21.3 Å². The van der Waals surface area contributed by atoms with Crippen LogP contribution in [0.25, 0.3) is 11.0 Å². The average molecular weight is 364 g/mol. The summed E-state index contributed by atoms with van der Waals surface area (Å²) in [6, 6.07) is 1.60. The summed E-state index contributed by atoms with van der Waals surface area (Å²) in [5.41, 5.74) is 0.615. The van der Waals surface area contributed by atoms with Gasteiger partial charge in [0.1, 0.15) is 22.9 Å². The van der Waals surface area contributed by atoms with Gasteiger partial charge in [0.2, 0.25) is 5.91 Å². The molecule has 3 aromatic rings. The summed E-state index contributed by atoms with van der Waals surface area (Å²) in [5, 5.41) is 14.3. The van der Waals surface area contributed by atoms with Crippen LogP contribution in [0.5, 0.6) is 0 Å². The average Bonchev–Trinajstić information content (AvgIpc) is 2.78. The highest BCUT2D eigenvalue weighted by Gasteiger charge is 2.15. The number of hydrogen-bond donors (Lipinski definition) is 1. The minimum atomic E-state index is -0.365. The number of carbonyl (C=O) groups is 1. The Balaban J connectivity index is 1.88. The highest BCUT2D eigenvalue weighted by atomic mass is 79.9. The molecule has 3 rings (SSSR count). The third-order valence-corrected chi connectivity index (χ3v) is 3.51. The molecule has 0 saturated heterocycles. The molecule has 0 radical (unpaired) electrons. The molecule has 0 atom stereocenters. The van der Waals surface area contributed by atoms with Crippen molar-refractivity contribution in [1.82, 2.24) is 29.5 Å². The maximum absolute atomic E-state index is 12.4. The summed E-state index contributed by atoms with van der Waals surface area (Å²) in [6.07, 6.45) is 4.20. The number of nitrogens with zero attached hydrogens (tertiary/aromatic N) is 6. The van der Waals surface area contributed by atoms with E-state index in [2.05, 4.69) is 41.5 Å². The molecule has 0 fully saturated rings. The highest BCUT2D eigenvalue weighted by molar-refractivity contribution is 9.10. The SMILES string of the molecule is Cn1nc(Br)c2c(=O)n(CC(=O)Nc3ccnnc3)cnc21. The normalized spacial score (nSPS) is 10.8. The molecule has 0 aliphatic rings. The largest absolute Gasteiger partial charge is 0.323 e. The minimum absolute atomic E-state index is 0.161. The van der Waals surface area contributed by atoms with Crippen LogP contribution in [0, 0.1) is 0 Å². The van der Waals surface area contributed by atoms with Crippen LogP contribution in [-0.2, 0) is 18.4 Å². The zero-order valence-electron chi connectivity index (χ0n) is 11.4. The second-order valence-electron chi connectivity index (χ2n) is 4.47. The fraction of sp³-hybridized carbons (Fsp3) is 0.167. The molecule has 22 heavy (non-hydrogen) atoms. The number of aromatic nitrogens is 6. The number of fused-ring (bicyclic) bond motifs is 1. The Labute approximate surface area is 132 Å². The number of aryl methyl sites for hydroxylation is 1. The first kappa shape index (κ1) is 14.3. The van der Waals surface area contributed by atoms with Crippen LogP contribution in [0.15, 0.2) is 34.2 Å². The van der Waals surface area contributed by atoms with E-state index in [1.165, 1.54) is 28.0 Å². The van der Waals surface area contributed by atoms with E-state index >= 15 is 0 Å². The predicted octanol–water partition coefficient (Wildman–Crippen LogP) is 0.321. The van der Waals surface area contributed by atoms with Crippen molar-refractivity contribution in [2.45, 2.75) is 6.54 Å². The van der Waals surface area contributed by atoms with Gasteiger partial charge in [-0.3, -0.25) is 14.2 Å². The number of nitrogens with one attached hydrogen (secondary N) is 1. The van der Waals surface area contributed by atoms with Gasteiger partial charge in [0.15, 0.2) is 5.65 Å². The van der Waals surface area contributed by atoms with Crippen molar-refractivity contribution in [2.75, 3.05) is 5.32 Å². The Morgan fingerprint density at radius 2 is 2.23 bits per heavy atom. The van der Waals surface area contributed by atoms with Gasteiger partial charge in [-0.1, -0.05) is 0 Å². The van der Waals surface area contributed by atoms with Gasteiger partial charge >= 0.3 is 0 Å². The molecule has 0 spiro atoms. The first-order valence-corrected chi connectivity index (χ1v) is 7.00. The van der Waals surface area contributed by atoms with E-state index in [0.717, 1.165) is 0 Å². The molecule has 0 unspecified atom stereocenters. The van der Waals surface area contributed by atoms with Gasteiger partial charge in [-0.15, -0.1) is 0 Å². The fourth-order valence-electron chi connectivity index (χ4n) is 1.97. The van der Waals surface area contributed by atoms with Crippen molar-refractivity contribution in [3.8, 4) is 0 Å². The molecule has 3 aromatic heterocycles. The zero-order chi connectivity index (χ0) is 15.7. The number of hydrogen-bond acceptors (Lipinski definition) is 6. The fourth-order valence-corrected chi connectivity index (χ4v) is 2.55. The van der Waals surface area contributed by atoms with Crippen molar-refractivity contribution in [2.24, 2.45) is 7.05 Å². The lowest BCUT2D eigenvalue weighted by atomic mass is 10.4. The summed E-state index contributed by atoms with van der Waals surface area (Å²) >= 11 is 3.22. The van der Waals surface area contributed by atoms with Crippen LogP contribution >= 0.6 is 15.9 Å². The molecule has 0 aromatic carbocycles. The number of anilines is 1. The van der Waals surface area contributed by atoms with Crippen LogP contribution in [0.2, 0.25) is 0 Å². The molecular formula is C12H10BrN7O2. The maximum atomic E-state index is 12.4. The molecule has 1 N–H and O–H groups in total. The summed E-state index contributed by atoms with van der Waals surface area (Å²) < 4.78 is 3.11. The smallest absolute Gasteiger partial charge is 0.266 e. The Kier molecular flexibility index (Phi) is 3.67. The molecule has 0 saturated carbocycles. The lowest BCUT2D eigenvalue weighted by Gasteiger charge is -2.06. The Hall–Kier alpha value is -2.62. The monoisotopic (exact) mass is 363 g/mol. The summed E-state index contributed by atoms with van der Waals surface area (Å²) in [5.74, 6) is -0.365. The first-order chi connectivity index (χ1) is 10.6. The minimum Gasteiger partial charge on any atom is -0.323 e. The molecule has 3 heterocycles. The van der Waals surface area contributed by atoms with Gasteiger partial charge in [0.05, 0.1) is 18.1 Å². The van der Waals surface area contributed by atoms with Crippen molar-refractivity contribution < 1.29 is 4.79 Å². The number of amides is 1. The van der Waals surface area contributed by atoms with Gasteiger partial charge in [0.25, 0.3) is 5.56 Å². The summed E-state index contributed by atoms with van der Waals surface area (Å²) in [6.45, 7) is -0.161. The maximum Gasteiger partial charge on any atom is 0.266 e. The highest BCUT2D eigenvalue weighted by Crippen LogP contribution is 2.16. The molecule has 9 nitrogen and oxygen atoms in total. The third-order valence-electron chi connectivity index (χ3n) is 2.95. The molecular weight excluding hydrogens is 354 g/mol. The van der Waals surface area contributed by atoms with E-state index in [1.807, 2.05) is 0 Å². The lowest BCUT2D eigenvalue weighted by molar-refractivity contribution is -0.116. The topological polar surface area (TPSA) is 108 Å². The molecule has 10 heteroatoms. The van der Waals surface area contributed by atoms with E-state index in [1.54, 1.807) is 13.1 Å². The Morgan fingerprint density at radius 1 is 1.41 bits per heavy atom. The van der Waals surface area contributed by atoms with Crippen molar-refractivity contribution in [3.63, 3.8) is 0 Å². The standard InChI is InChI=1S/C12H10BrN7O2/c1-19-11-9(10(13)18-19)12(22)20(6-14-11)5-8(21)17-7-2-3-15-16-4-7/h2-4,6H,5H2,1H3,(H,15,17,21). The quantitative estimate of drug-likeness (QED) is 0.717. The molecule has 0 aliphatic heterocycles. The predicted molar refractivity (Wildman–Crippen MR) is 81.1 cm³/mol. The van der Waals surface area contributed by atoms with Gasteiger partial charge in [0, 0.05) is 7.05 Å². The molecule has 112 valence electrons. The molecule has 0 aliphatic carbocycles. The van der Waals surface area contributed by atoms with Crippen LogP contribution in [0.4, 0.5) is 5.69 Å². The third kappa shape index (κ3) is 2.60. The van der Waals surface area contributed by atoms with Gasteiger partial charge in [-0.2, -0.15) is 15.3 Å². The number of carbonyl (C=O) groups excluding carboxylic acids is 1. The Bertz CT molecular complexity index is 903. The van der Waals surface area contributed by atoms with Gasteiger partial charge in [-0.05, 0) is 22.0 Å². The van der Waals surface area contributed by atoms with Crippen LogP contribution in [-0.4, -0.2) is 35.4 Å².